The third kappa shape index (κ3) is 6.11. The van der Waals surface area contributed by atoms with Crippen molar-refractivity contribution in [2.75, 3.05) is 18.4 Å². The van der Waals surface area contributed by atoms with E-state index in [-0.39, 0.29) is 19.0 Å². The molecule has 0 aliphatic rings. The van der Waals surface area contributed by atoms with Crippen LogP contribution in [0, 0.1) is 23.7 Å². The summed E-state index contributed by atoms with van der Waals surface area (Å²) in [5.74, 6) is 1.96. The molecule has 0 aliphatic carbocycles. The number of ether oxygens (including phenoxy) is 1. The van der Waals surface area contributed by atoms with Crippen molar-refractivity contribution in [1.82, 2.24) is 4.90 Å². The minimum Gasteiger partial charge on any atom is -0.444 e. The number of nitriles is 1. The van der Waals surface area contributed by atoms with Crippen molar-refractivity contribution < 1.29 is 14.3 Å². The second kappa shape index (κ2) is 7.86. The van der Waals surface area contributed by atoms with E-state index < -0.39 is 11.7 Å². The molecule has 0 aromatic heterocycles. The number of carbonyl (C=O) groups is 2. The van der Waals surface area contributed by atoms with E-state index in [0.717, 1.165) is 0 Å². The van der Waals surface area contributed by atoms with Crippen LogP contribution in [-0.4, -0.2) is 35.6 Å². The first-order valence-corrected chi connectivity index (χ1v) is 6.96. The molecule has 0 saturated heterocycles. The number of amides is 2. The molecule has 0 fully saturated rings. The van der Waals surface area contributed by atoms with Crippen molar-refractivity contribution in [3.63, 3.8) is 0 Å². The number of carbonyl (C=O) groups excluding carboxylic acids is 2. The zero-order chi connectivity index (χ0) is 17.5. The highest BCUT2D eigenvalue weighted by molar-refractivity contribution is 5.96. The van der Waals surface area contributed by atoms with Crippen LogP contribution in [0.5, 0.6) is 0 Å². The summed E-state index contributed by atoms with van der Waals surface area (Å²) < 4.78 is 5.15. The van der Waals surface area contributed by atoms with Gasteiger partial charge in [-0.2, -0.15) is 5.26 Å². The molecule has 6 nitrogen and oxygen atoms in total. The highest BCUT2D eigenvalue weighted by Crippen LogP contribution is 2.15. The third-order valence-electron chi connectivity index (χ3n) is 2.59. The van der Waals surface area contributed by atoms with Gasteiger partial charge in [-0.1, -0.05) is 12.0 Å². The molecule has 2 amide bonds. The van der Waals surface area contributed by atoms with Gasteiger partial charge in [0.2, 0.25) is 0 Å². The Morgan fingerprint density at radius 2 is 2.04 bits per heavy atom. The predicted octanol–water partition coefficient (Wildman–Crippen LogP) is 2.63. The van der Waals surface area contributed by atoms with Gasteiger partial charge in [-0.15, -0.1) is 6.42 Å². The van der Waals surface area contributed by atoms with Crippen LogP contribution in [0.2, 0.25) is 0 Å². The molecule has 1 N–H and O–H groups in total. The molecular formula is C17H19N3O3. The van der Waals surface area contributed by atoms with Crippen molar-refractivity contribution in [2.24, 2.45) is 0 Å². The van der Waals surface area contributed by atoms with E-state index >= 15 is 0 Å². The fraction of sp³-hybridized carbons (Fsp3) is 0.353. The first-order chi connectivity index (χ1) is 10.8. The summed E-state index contributed by atoms with van der Waals surface area (Å²) >= 11 is 0. The Labute approximate surface area is 136 Å². The molecule has 0 saturated carbocycles. The molecule has 1 rings (SSSR count). The molecule has 1 aromatic rings. The van der Waals surface area contributed by atoms with Crippen molar-refractivity contribution in [1.29, 1.82) is 5.26 Å². The fourth-order valence-corrected chi connectivity index (χ4v) is 1.73. The van der Waals surface area contributed by atoms with Gasteiger partial charge in [-0.3, -0.25) is 10.1 Å². The highest BCUT2D eigenvalue weighted by Gasteiger charge is 2.18. The second-order valence-electron chi connectivity index (χ2n) is 5.73. The number of nitrogens with zero attached hydrogens (tertiary/aromatic N) is 2. The van der Waals surface area contributed by atoms with Crippen LogP contribution in [-0.2, 0) is 4.74 Å². The van der Waals surface area contributed by atoms with E-state index in [2.05, 4.69) is 11.2 Å². The Kier molecular flexibility index (Phi) is 6.17. The van der Waals surface area contributed by atoms with Gasteiger partial charge in [0.05, 0.1) is 12.6 Å². The highest BCUT2D eigenvalue weighted by atomic mass is 16.6. The summed E-state index contributed by atoms with van der Waals surface area (Å²) in [4.78, 5) is 25.3. The Hall–Kier alpha value is -2.99. The normalized spacial score (nSPS) is 10.1. The molecule has 0 spiro atoms. The van der Waals surface area contributed by atoms with Gasteiger partial charge in [0.15, 0.2) is 0 Å². The molecule has 120 valence electrons. The number of benzene rings is 1. The number of hydrogen-bond acceptors (Lipinski definition) is 4. The van der Waals surface area contributed by atoms with Gasteiger partial charge in [-0.05, 0) is 39.0 Å². The minimum atomic E-state index is -0.617. The Morgan fingerprint density at radius 1 is 1.35 bits per heavy atom. The summed E-state index contributed by atoms with van der Waals surface area (Å²) in [6, 6.07) is 8.25. The summed E-state index contributed by atoms with van der Waals surface area (Å²) in [5, 5.41) is 11.3. The largest absolute Gasteiger partial charge is 0.444 e. The lowest BCUT2D eigenvalue weighted by atomic mass is 10.1. The quantitative estimate of drug-likeness (QED) is 0.684. The lowest BCUT2D eigenvalue weighted by molar-refractivity contribution is 0.0635. The van der Waals surface area contributed by atoms with E-state index in [1.54, 1.807) is 39.0 Å². The van der Waals surface area contributed by atoms with Crippen LogP contribution in [0.15, 0.2) is 24.3 Å². The van der Waals surface area contributed by atoms with Crippen molar-refractivity contribution >= 4 is 17.7 Å². The van der Waals surface area contributed by atoms with E-state index in [9.17, 15) is 9.59 Å². The van der Waals surface area contributed by atoms with Crippen LogP contribution in [0.3, 0.4) is 0 Å². The first kappa shape index (κ1) is 18.1. The van der Waals surface area contributed by atoms with E-state index in [1.807, 2.05) is 6.07 Å². The molecule has 0 unspecified atom stereocenters. The lowest BCUT2D eigenvalue weighted by Crippen LogP contribution is -2.32. The average Bonchev–Trinajstić information content (AvgIpc) is 2.44. The van der Waals surface area contributed by atoms with E-state index in [4.69, 9.17) is 16.4 Å². The number of terminal acetylenes is 1. The topological polar surface area (TPSA) is 82.4 Å². The molecule has 0 heterocycles. The van der Waals surface area contributed by atoms with Crippen LogP contribution >= 0.6 is 0 Å². The second-order valence-corrected chi connectivity index (χ2v) is 5.73. The average molecular weight is 313 g/mol. The van der Waals surface area contributed by atoms with Gasteiger partial charge in [-0.25, -0.2) is 4.79 Å². The van der Waals surface area contributed by atoms with Crippen LogP contribution in [0.4, 0.5) is 10.5 Å². The summed E-state index contributed by atoms with van der Waals surface area (Å²) in [7, 11) is 0. The zero-order valence-corrected chi connectivity index (χ0v) is 13.4. The maximum absolute atomic E-state index is 12.3. The van der Waals surface area contributed by atoms with Gasteiger partial charge in [0, 0.05) is 11.3 Å². The molecule has 0 atom stereocenters. The Balaban J connectivity index is 2.88. The standard InChI is InChI=1S/C17H19N3O3/c1-5-10-20(11-9-18)15(21)13-7-6-8-14(12-13)19-16(22)23-17(2,3)4/h1,6-8,12H,10-11H2,2-4H3,(H,19,22). The number of rotatable bonds is 4. The number of nitrogens with one attached hydrogen (secondary N) is 1. The summed E-state index contributed by atoms with van der Waals surface area (Å²) in [5.41, 5.74) is 0.125. The molecule has 23 heavy (non-hydrogen) atoms. The van der Waals surface area contributed by atoms with Gasteiger partial charge in [0.1, 0.15) is 12.1 Å². The summed E-state index contributed by atoms with van der Waals surface area (Å²) in [6.07, 6.45) is 4.59. The van der Waals surface area contributed by atoms with Gasteiger partial charge >= 0.3 is 6.09 Å². The van der Waals surface area contributed by atoms with E-state index in [1.165, 1.54) is 11.0 Å². The van der Waals surface area contributed by atoms with Crippen molar-refractivity contribution in [2.45, 2.75) is 26.4 Å². The van der Waals surface area contributed by atoms with Crippen LogP contribution in [0.1, 0.15) is 31.1 Å². The zero-order valence-electron chi connectivity index (χ0n) is 13.4. The molecule has 0 radical (unpaired) electrons. The van der Waals surface area contributed by atoms with Crippen LogP contribution < -0.4 is 5.32 Å². The monoisotopic (exact) mass is 313 g/mol. The van der Waals surface area contributed by atoms with Crippen molar-refractivity contribution in [3.05, 3.63) is 29.8 Å². The van der Waals surface area contributed by atoms with Crippen LogP contribution in [0.25, 0.3) is 0 Å². The van der Waals surface area contributed by atoms with Gasteiger partial charge in [0.25, 0.3) is 5.91 Å². The SMILES string of the molecule is C#CCN(CC#N)C(=O)c1cccc(NC(=O)OC(C)(C)C)c1. The lowest BCUT2D eigenvalue weighted by Gasteiger charge is -2.20. The fourth-order valence-electron chi connectivity index (χ4n) is 1.73. The van der Waals surface area contributed by atoms with Gasteiger partial charge < -0.3 is 9.64 Å². The molecule has 0 aliphatic heterocycles. The molecule has 0 bridgehead atoms. The maximum atomic E-state index is 12.3. The molecule has 1 aromatic carbocycles. The van der Waals surface area contributed by atoms with Crippen molar-refractivity contribution in [3.8, 4) is 18.4 Å². The Morgan fingerprint density at radius 3 is 2.61 bits per heavy atom. The molecular weight excluding hydrogens is 294 g/mol. The Bertz CT molecular complexity index is 647. The smallest absolute Gasteiger partial charge is 0.412 e. The minimum absolute atomic E-state index is 0.0378. The maximum Gasteiger partial charge on any atom is 0.412 e. The third-order valence-corrected chi connectivity index (χ3v) is 2.59. The predicted molar refractivity (Wildman–Crippen MR) is 86.6 cm³/mol. The number of hydrogen-bond donors (Lipinski definition) is 1. The molecule has 6 heteroatoms. The first-order valence-electron chi connectivity index (χ1n) is 6.96. The van der Waals surface area contributed by atoms with E-state index in [0.29, 0.717) is 11.3 Å². The summed E-state index contributed by atoms with van der Waals surface area (Å²) in [6.45, 7) is 5.20. The number of anilines is 1.